The van der Waals surface area contributed by atoms with E-state index in [4.69, 9.17) is 9.97 Å². The zero-order valence-electron chi connectivity index (χ0n) is 16.7. The lowest BCUT2D eigenvalue weighted by Gasteiger charge is -2.35. The molecule has 1 fully saturated rings. The van der Waals surface area contributed by atoms with Crippen LogP contribution in [0.5, 0.6) is 0 Å². The van der Waals surface area contributed by atoms with Crippen molar-refractivity contribution < 1.29 is 0 Å². The summed E-state index contributed by atoms with van der Waals surface area (Å²) in [5, 5.41) is 1.13. The van der Waals surface area contributed by atoms with Crippen LogP contribution < -0.4 is 4.90 Å². The summed E-state index contributed by atoms with van der Waals surface area (Å²) in [5.74, 6) is 1.04. The second-order valence-electron chi connectivity index (χ2n) is 7.43. The first kappa shape index (κ1) is 17.9. The van der Waals surface area contributed by atoms with E-state index in [2.05, 4.69) is 82.1 Å². The highest BCUT2D eigenvalue weighted by Crippen LogP contribution is 2.36. The van der Waals surface area contributed by atoms with Crippen molar-refractivity contribution in [2.45, 2.75) is 6.92 Å². The maximum atomic E-state index is 4.76. The summed E-state index contributed by atoms with van der Waals surface area (Å²) in [5.41, 5.74) is 4.44. The van der Waals surface area contributed by atoms with E-state index in [0.717, 1.165) is 55.3 Å². The Morgan fingerprint density at radius 2 is 1.52 bits per heavy atom. The molecular formula is C24H25N5. The van der Waals surface area contributed by atoms with Gasteiger partial charge in [-0.3, -0.25) is 0 Å². The fourth-order valence-corrected chi connectivity index (χ4v) is 4.18. The molecule has 1 saturated heterocycles. The van der Waals surface area contributed by atoms with Crippen LogP contribution in [-0.2, 0) is 0 Å². The molecule has 146 valence electrons. The summed E-state index contributed by atoms with van der Waals surface area (Å²) < 4.78 is 2.19. The molecule has 2 aromatic carbocycles. The number of fused-ring (bicyclic) bond motifs is 1. The lowest BCUT2D eigenvalue weighted by molar-refractivity contribution is 0.271. The number of para-hydroxylation sites is 1. The molecular weight excluding hydrogens is 358 g/mol. The molecule has 0 atom stereocenters. The molecule has 0 N–H and O–H groups in total. The number of likely N-dealkylation sites (N-methyl/N-ethyl adjacent to an activating group) is 1. The van der Waals surface area contributed by atoms with E-state index in [9.17, 15) is 0 Å². The fourth-order valence-electron chi connectivity index (χ4n) is 4.18. The predicted octanol–water partition coefficient (Wildman–Crippen LogP) is 4.23. The minimum Gasteiger partial charge on any atom is -0.353 e. The molecule has 0 unspecified atom stereocenters. The highest BCUT2D eigenvalue weighted by Gasteiger charge is 2.23. The third-order valence-corrected chi connectivity index (χ3v) is 5.80. The Kier molecular flexibility index (Phi) is 4.74. The standard InChI is InChI=1S/C24H25N5/c1-2-27-13-15-28(16-14-27)23-22-21(19-9-5-3-6-10-19)17-29(24(22)26-18-25-23)20-11-7-4-8-12-20/h3-12,17-18H,2,13-16H2,1H3. The minimum absolute atomic E-state index is 0.956. The second-order valence-corrected chi connectivity index (χ2v) is 7.43. The molecule has 0 spiro atoms. The number of anilines is 1. The summed E-state index contributed by atoms with van der Waals surface area (Å²) in [6.07, 6.45) is 3.91. The Morgan fingerprint density at radius 3 is 2.21 bits per heavy atom. The van der Waals surface area contributed by atoms with Crippen molar-refractivity contribution in [1.29, 1.82) is 0 Å². The number of benzene rings is 2. The van der Waals surface area contributed by atoms with Gasteiger partial charge in [0.1, 0.15) is 12.1 Å². The van der Waals surface area contributed by atoms with Crippen LogP contribution in [0.4, 0.5) is 5.82 Å². The van der Waals surface area contributed by atoms with Gasteiger partial charge in [0.25, 0.3) is 0 Å². The van der Waals surface area contributed by atoms with Crippen LogP contribution in [0.3, 0.4) is 0 Å². The topological polar surface area (TPSA) is 37.2 Å². The molecule has 0 radical (unpaired) electrons. The lowest BCUT2D eigenvalue weighted by Crippen LogP contribution is -2.46. The molecule has 0 bridgehead atoms. The number of hydrogen-bond donors (Lipinski definition) is 0. The molecule has 5 nitrogen and oxygen atoms in total. The summed E-state index contributed by atoms with van der Waals surface area (Å²) in [6, 6.07) is 21.0. The Bertz CT molecular complexity index is 1100. The van der Waals surface area contributed by atoms with Crippen molar-refractivity contribution in [3.05, 3.63) is 73.2 Å². The van der Waals surface area contributed by atoms with Gasteiger partial charge >= 0.3 is 0 Å². The molecule has 4 aromatic rings. The van der Waals surface area contributed by atoms with Crippen molar-refractivity contribution in [2.75, 3.05) is 37.6 Å². The number of rotatable bonds is 4. The fraction of sp³-hybridized carbons (Fsp3) is 0.250. The molecule has 5 heteroatoms. The molecule has 0 amide bonds. The van der Waals surface area contributed by atoms with Crippen LogP contribution in [0, 0.1) is 0 Å². The molecule has 3 heterocycles. The first-order valence-electron chi connectivity index (χ1n) is 10.3. The normalized spacial score (nSPS) is 15.1. The van der Waals surface area contributed by atoms with E-state index in [0.29, 0.717) is 0 Å². The first-order valence-corrected chi connectivity index (χ1v) is 10.3. The van der Waals surface area contributed by atoms with Gasteiger partial charge in [0.2, 0.25) is 0 Å². The van der Waals surface area contributed by atoms with E-state index in [1.807, 2.05) is 6.07 Å². The van der Waals surface area contributed by atoms with Crippen molar-refractivity contribution in [2.24, 2.45) is 0 Å². The molecule has 0 aliphatic carbocycles. The highest BCUT2D eigenvalue weighted by molar-refractivity contribution is 6.02. The van der Waals surface area contributed by atoms with Gasteiger partial charge in [-0.15, -0.1) is 0 Å². The van der Waals surface area contributed by atoms with Gasteiger partial charge in [-0.1, -0.05) is 55.5 Å². The quantitative estimate of drug-likeness (QED) is 0.529. The maximum Gasteiger partial charge on any atom is 0.150 e. The van der Waals surface area contributed by atoms with Gasteiger partial charge in [-0.25, -0.2) is 9.97 Å². The largest absolute Gasteiger partial charge is 0.353 e. The lowest BCUT2D eigenvalue weighted by atomic mass is 10.1. The van der Waals surface area contributed by atoms with Crippen LogP contribution >= 0.6 is 0 Å². The van der Waals surface area contributed by atoms with Crippen molar-refractivity contribution in [3.63, 3.8) is 0 Å². The molecule has 29 heavy (non-hydrogen) atoms. The molecule has 5 rings (SSSR count). The molecule has 1 aliphatic heterocycles. The molecule has 1 aliphatic rings. The Hall–Kier alpha value is -3.18. The number of piperazine rings is 1. The molecule has 2 aromatic heterocycles. The molecule has 0 saturated carbocycles. The van der Waals surface area contributed by atoms with E-state index in [-0.39, 0.29) is 0 Å². The number of hydrogen-bond acceptors (Lipinski definition) is 4. The number of nitrogens with zero attached hydrogens (tertiary/aromatic N) is 5. The minimum atomic E-state index is 0.956. The summed E-state index contributed by atoms with van der Waals surface area (Å²) in [7, 11) is 0. The maximum absolute atomic E-state index is 4.76. The van der Waals surface area contributed by atoms with Crippen LogP contribution in [0.25, 0.3) is 27.8 Å². The van der Waals surface area contributed by atoms with E-state index in [1.54, 1.807) is 6.33 Å². The van der Waals surface area contributed by atoms with Gasteiger partial charge in [-0.05, 0) is 24.2 Å². The van der Waals surface area contributed by atoms with Crippen LogP contribution in [0.15, 0.2) is 73.2 Å². The van der Waals surface area contributed by atoms with E-state index in [1.165, 1.54) is 11.1 Å². The summed E-state index contributed by atoms with van der Waals surface area (Å²) >= 11 is 0. The monoisotopic (exact) mass is 383 g/mol. The van der Waals surface area contributed by atoms with Crippen LogP contribution in [0.1, 0.15) is 6.92 Å². The van der Waals surface area contributed by atoms with Gasteiger partial charge in [0, 0.05) is 43.6 Å². The van der Waals surface area contributed by atoms with Gasteiger partial charge in [-0.2, -0.15) is 0 Å². The SMILES string of the molecule is CCN1CCN(c2ncnc3c2c(-c2ccccc2)cn3-c2ccccc2)CC1. The second kappa shape index (κ2) is 7.68. The van der Waals surface area contributed by atoms with Crippen LogP contribution in [-0.4, -0.2) is 52.2 Å². The highest BCUT2D eigenvalue weighted by atomic mass is 15.3. The van der Waals surface area contributed by atoms with Crippen molar-refractivity contribution in [3.8, 4) is 16.8 Å². The Morgan fingerprint density at radius 1 is 0.828 bits per heavy atom. The summed E-state index contributed by atoms with van der Waals surface area (Å²) in [4.78, 5) is 14.4. The zero-order chi connectivity index (χ0) is 19.6. The Labute approximate surface area is 171 Å². The van der Waals surface area contributed by atoms with Gasteiger partial charge < -0.3 is 14.4 Å². The van der Waals surface area contributed by atoms with Crippen molar-refractivity contribution >= 4 is 16.9 Å². The number of aromatic nitrogens is 3. The third kappa shape index (κ3) is 3.28. The predicted molar refractivity (Wildman–Crippen MR) is 119 cm³/mol. The van der Waals surface area contributed by atoms with Gasteiger partial charge in [0.05, 0.1) is 5.39 Å². The summed E-state index contributed by atoms with van der Waals surface area (Å²) in [6.45, 7) is 7.46. The zero-order valence-corrected chi connectivity index (χ0v) is 16.7. The van der Waals surface area contributed by atoms with Crippen molar-refractivity contribution in [1.82, 2.24) is 19.4 Å². The van der Waals surface area contributed by atoms with E-state index < -0.39 is 0 Å². The van der Waals surface area contributed by atoms with E-state index >= 15 is 0 Å². The smallest absolute Gasteiger partial charge is 0.150 e. The average Bonchev–Trinajstić information content (AvgIpc) is 3.20. The Balaban J connectivity index is 1.70. The van der Waals surface area contributed by atoms with Crippen LogP contribution in [0.2, 0.25) is 0 Å². The van der Waals surface area contributed by atoms with Gasteiger partial charge in [0.15, 0.2) is 5.65 Å². The third-order valence-electron chi connectivity index (χ3n) is 5.80. The average molecular weight is 383 g/mol. The first-order chi connectivity index (χ1) is 14.3.